The zero-order chi connectivity index (χ0) is 7.84. The first kappa shape index (κ1) is 7.77. The maximum absolute atomic E-state index is 3.57. The highest BCUT2D eigenvalue weighted by Crippen LogP contribution is 2.31. The molecular weight excluding hydrogens is 222 g/mol. The summed E-state index contributed by atoms with van der Waals surface area (Å²) in [6.07, 6.45) is 1.20. The van der Waals surface area contributed by atoms with Gasteiger partial charge in [-0.3, -0.25) is 0 Å². The van der Waals surface area contributed by atoms with Gasteiger partial charge in [0.25, 0.3) is 0 Å². The number of likely N-dealkylation sites (N-methyl/N-ethyl adjacent to an activating group) is 1. The molecule has 1 aliphatic rings. The second-order valence-corrected chi connectivity index (χ2v) is 5.20. The van der Waals surface area contributed by atoms with Gasteiger partial charge in [0.1, 0.15) is 0 Å². The van der Waals surface area contributed by atoms with Crippen molar-refractivity contribution in [3.05, 3.63) is 20.3 Å². The third-order valence-electron chi connectivity index (χ3n) is 2.11. The lowest BCUT2D eigenvalue weighted by atomic mass is 10.1. The van der Waals surface area contributed by atoms with E-state index in [0.29, 0.717) is 0 Å². The number of nitrogens with zero attached hydrogens (tertiary/aromatic N) is 1. The number of halogens is 1. The zero-order valence-corrected chi connectivity index (χ0v) is 8.83. The number of thiophene rings is 1. The van der Waals surface area contributed by atoms with E-state index in [-0.39, 0.29) is 0 Å². The summed E-state index contributed by atoms with van der Waals surface area (Å²) >= 11 is 5.38. The van der Waals surface area contributed by atoms with E-state index in [1.165, 1.54) is 27.9 Å². The highest BCUT2D eigenvalue weighted by molar-refractivity contribution is 9.11. The van der Waals surface area contributed by atoms with Crippen LogP contribution in [0.1, 0.15) is 11.1 Å². The molecule has 0 spiro atoms. The van der Waals surface area contributed by atoms with Crippen LogP contribution in [0.4, 0.5) is 0 Å². The van der Waals surface area contributed by atoms with Crippen LogP contribution in [-0.4, -0.2) is 18.5 Å². The molecule has 0 amide bonds. The summed E-state index contributed by atoms with van der Waals surface area (Å²) in [6.45, 7) is 2.32. The van der Waals surface area contributed by atoms with Crippen LogP contribution >= 0.6 is 27.3 Å². The van der Waals surface area contributed by atoms with E-state index in [0.717, 1.165) is 6.54 Å². The Bertz CT molecular complexity index is 269. The van der Waals surface area contributed by atoms with Crippen molar-refractivity contribution in [1.82, 2.24) is 4.90 Å². The summed E-state index contributed by atoms with van der Waals surface area (Å²) in [7, 11) is 2.18. The van der Waals surface area contributed by atoms with Crippen molar-refractivity contribution in [3.8, 4) is 0 Å². The molecule has 2 rings (SSSR count). The van der Waals surface area contributed by atoms with Gasteiger partial charge in [-0.05, 0) is 45.9 Å². The van der Waals surface area contributed by atoms with Crippen molar-refractivity contribution in [1.29, 1.82) is 0 Å². The Labute approximate surface area is 79.2 Å². The van der Waals surface area contributed by atoms with Gasteiger partial charge in [0.15, 0.2) is 0 Å². The van der Waals surface area contributed by atoms with Crippen LogP contribution in [0, 0.1) is 0 Å². The molecule has 0 fully saturated rings. The zero-order valence-electron chi connectivity index (χ0n) is 6.43. The maximum Gasteiger partial charge on any atom is 0.0734 e. The van der Waals surface area contributed by atoms with Crippen LogP contribution in [0.2, 0.25) is 0 Å². The Kier molecular flexibility index (Phi) is 2.04. The molecule has 0 atom stereocenters. The minimum atomic E-state index is 1.12. The van der Waals surface area contributed by atoms with Gasteiger partial charge in [-0.15, -0.1) is 11.3 Å². The van der Waals surface area contributed by atoms with E-state index in [2.05, 4.69) is 33.3 Å². The third kappa shape index (κ3) is 1.37. The lowest BCUT2D eigenvalue weighted by molar-refractivity contribution is 0.313. The van der Waals surface area contributed by atoms with Crippen LogP contribution in [0.5, 0.6) is 0 Å². The van der Waals surface area contributed by atoms with Gasteiger partial charge in [0, 0.05) is 13.1 Å². The second-order valence-electron chi connectivity index (χ2n) is 3.00. The van der Waals surface area contributed by atoms with Crippen LogP contribution in [0.15, 0.2) is 9.17 Å². The van der Waals surface area contributed by atoms with Crippen LogP contribution in [0.3, 0.4) is 0 Å². The standard InChI is InChI=1S/C8H10BrNS/c1-10-3-2-7-6(4-10)5-11-8(7)9/h5H,2-4H2,1H3. The van der Waals surface area contributed by atoms with Gasteiger partial charge >= 0.3 is 0 Å². The molecule has 0 unspecified atom stereocenters. The number of fused-ring (bicyclic) bond motifs is 1. The Morgan fingerprint density at radius 2 is 2.45 bits per heavy atom. The molecule has 0 saturated carbocycles. The topological polar surface area (TPSA) is 3.24 Å². The molecule has 0 radical (unpaired) electrons. The Balaban J connectivity index is 2.36. The Morgan fingerprint density at radius 1 is 1.64 bits per heavy atom. The van der Waals surface area contributed by atoms with E-state index in [1.54, 1.807) is 0 Å². The van der Waals surface area contributed by atoms with Crippen molar-refractivity contribution in [2.45, 2.75) is 13.0 Å². The molecule has 1 aromatic heterocycles. The predicted octanol–water partition coefficient (Wildman–Crippen LogP) is 2.50. The summed E-state index contributed by atoms with van der Waals surface area (Å²) in [5.74, 6) is 0. The average molecular weight is 232 g/mol. The first-order chi connectivity index (χ1) is 5.27. The van der Waals surface area contributed by atoms with E-state index in [4.69, 9.17) is 0 Å². The van der Waals surface area contributed by atoms with Crippen molar-refractivity contribution in [2.24, 2.45) is 0 Å². The SMILES string of the molecule is CN1CCc2c(csc2Br)C1. The summed E-state index contributed by atoms with van der Waals surface area (Å²) in [5.41, 5.74) is 3.05. The molecule has 1 aliphatic heterocycles. The first-order valence-corrected chi connectivity index (χ1v) is 5.38. The van der Waals surface area contributed by atoms with E-state index >= 15 is 0 Å². The molecule has 0 saturated heterocycles. The van der Waals surface area contributed by atoms with Crippen molar-refractivity contribution < 1.29 is 0 Å². The molecule has 0 bridgehead atoms. The summed E-state index contributed by atoms with van der Waals surface area (Å²) in [4.78, 5) is 2.36. The molecular formula is C8H10BrNS. The van der Waals surface area contributed by atoms with E-state index < -0.39 is 0 Å². The van der Waals surface area contributed by atoms with Crippen molar-refractivity contribution >= 4 is 27.3 Å². The van der Waals surface area contributed by atoms with Crippen LogP contribution in [-0.2, 0) is 13.0 Å². The molecule has 0 N–H and O–H groups in total. The highest BCUT2D eigenvalue weighted by Gasteiger charge is 2.16. The Hall–Kier alpha value is 0.140. The lowest BCUT2D eigenvalue weighted by Crippen LogP contribution is -2.25. The summed E-state index contributed by atoms with van der Waals surface area (Å²) < 4.78 is 1.33. The third-order valence-corrected chi connectivity index (χ3v) is 4.01. The second kappa shape index (κ2) is 2.88. The average Bonchev–Trinajstić information content (AvgIpc) is 2.32. The monoisotopic (exact) mass is 231 g/mol. The van der Waals surface area contributed by atoms with Crippen molar-refractivity contribution in [2.75, 3.05) is 13.6 Å². The molecule has 0 aromatic carbocycles. The van der Waals surface area contributed by atoms with Crippen LogP contribution in [0.25, 0.3) is 0 Å². The Morgan fingerprint density at radius 3 is 3.27 bits per heavy atom. The normalized spacial score (nSPS) is 18.4. The van der Waals surface area contributed by atoms with Crippen LogP contribution < -0.4 is 0 Å². The van der Waals surface area contributed by atoms with Gasteiger partial charge < -0.3 is 4.90 Å². The number of hydrogen-bond donors (Lipinski definition) is 0. The minimum Gasteiger partial charge on any atom is -0.302 e. The first-order valence-electron chi connectivity index (χ1n) is 3.70. The van der Waals surface area contributed by atoms with E-state index in [9.17, 15) is 0 Å². The quantitative estimate of drug-likeness (QED) is 0.664. The fourth-order valence-electron chi connectivity index (χ4n) is 1.46. The summed E-state index contributed by atoms with van der Waals surface area (Å²) in [5, 5.41) is 2.26. The lowest BCUT2D eigenvalue weighted by Gasteiger charge is -2.22. The molecule has 11 heavy (non-hydrogen) atoms. The molecule has 0 aliphatic carbocycles. The van der Waals surface area contributed by atoms with E-state index in [1.807, 2.05) is 11.3 Å². The smallest absolute Gasteiger partial charge is 0.0734 e. The van der Waals surface area contributed by atoms with Gasteiger partial charge in [0.05, 0.1) is 3.79 Å². The largest absolute Gasteiger partial charge is 0.302 e. The maximum atomic E-state index is 3.57. The van der Waals surface area contributed by atoms with Gasteiger partial charge in [-0.25, -0.2) is 0 Å². The molecule has 3 heteroatoms. The molecule has 60 valence electrons. The molecule has 1 aromatic rings. The van der Waals surface area contributed by atoms with Gasteiger partial charge in [-0.1, -0.05) is 0 Å². The van der Waals surface area contributed by atoms with Gasteiger partial charge in [-0.2, -0.15) is 0 Å². The minimum absolute atomic E-state index is 1.12. The highest BCUT2D eigenvalue weighted by atomic mass is 79.9. The summed E-state index contributed by atoms with van der Waals surface area (Å²) in [6, 6.07) is 0. The van der Waals surface area contributed by atoms with Crippen molar-refractivity contribution in [3.63, 3.8) is 0 Å². The number of rotatable bonds is 0. The number of hydrogen-bond acceptors (Lipinski definition) is 2. The van der Waals surface area contributed by atoms with Gasteiger partial charge in [0.2, 0.25) is 0 Å². The fourth-order valence-corrected chi connectivity index (χ4v) is 3.03. The fraction of sp³-hybridized carbons (Fsp3) is 0.500. The molecule has 1 nitrogen and oxygen atoms in total. The predicted molar refractivity (Wildman–Crippen MR) is 52.1 cm³/mol. The molecule has 2 heterocycles.